The van der Waals surface area contributed by atoms with E-state index in [9.17, 15) is 4.79 Å². The summed E-state index contributed by atoms with van der Waals surface area (Å²) in [5.41, 5.74) is 1.65. The minimum atomic E-state index is 0.0335. The molecule has 0 N–H and O–H groups in total. The van der Waals surface area contributed by atoms with Crippen molar-refractivity contribution in [3.05, 3.63) is 39.2 Å². The van der Waals surface area contributed by atoms with Gasteiger partial charge in [-0.25, -0.2) is 4.98 Å². The van der Waals surface area contributed by atoms with E-state index < -0.39 is 0 Å². The third kappa shape index (κ3) is 3.33. The average molecular weight is 334 g/mol. The molecule has 0 saturated carbocycles. The summed E-state index contributed by atoms with van der Waals surface area (Å²) in [5, 5.41) is 3.08. The number of nitrogens with zero attached hydrogens (tertiary/aromatic N) is 2. The summed E-state index contributed by atoms with van der Waals surface area (Å²) >= 11 is 1.64. The maximum absolute atomic E-state index is 13.0. The predicted molar refractivity (Wildman–Crippen MR) is 88.6 cm³/mol. The molecule has 1 saturated heterocycles. The highest BCUT2D eigenvalue weighted by molar-refractivity contribution is 7.09. The van der Waals surface area contributed by atoms with Crippen LogP contribution in [0.2, 0.25) is 0 Å². The van der Waals surface area contributed by atoms with E-state index in [0.29, 0.717) is 23.7 Å². The zero-order valence-corrected chi connectivity index (χ0v) is 14.6. The van der Waals surface area contributed by atoms with E-state index >= 15 is 0 Å². The Morgan fingerprint density at radius 3 is 3.00 bits per heavy atom. The van der Waals surface area contributed by atoms with Gasteiger partial charge in [-0.3, -0.25) is 4.79 Å². The summed E-state index contributed by atoms with van der Waals surface area (Å²) in [4.78, 5) is 19.6. The van der Waals surface area contributed by atoms with Crippen molar-refractivity contribution in [2.75, 3.05) is 13.7 Å². The topological polar surface area (TPSA) is 55.6 Å². The molecule has 0 aromatic carbocycles. The minimum absolute atomic E-state index is 0.0335. The van der Waals surface area contributed by atoms with Crippen LogP contribution in [-0.2, 0) is 11.3 Å². The van der Waals surface area contributed by atoms with Crippen molar-refractivity contribution in [2.24, 2.45) is 0 Å². The SMILES string of the molecule is COCc1cc(C(=O)N2CCCC[C@H]2c2nc(C)cs2)c(C)o1. The van der Waals surface area contributed by atoms with E-state index in [1.165, 1.54) is 0 Å². The second-order valence-corrected chi connectivity index (χ2v) is 6.84. The van der Waals surface area contributed by atoms with E-state index in [0.717, 1.165) is 36.5 Å². The number of amides is 1. The molecular formula is C17H22N2O3S. The summed E-state index contributed by atoms with van der Waals surface area (Å²) < 4.78 is 10.7. The Hall–Kier alpha value is -1.66. The van der Waals surface area contributed by atoms with Gasteiger partial charge in [0.1, 0.15) is 23.1 Å². The Kier molecular flexibility index (Phi) is 4.82. The molecule has 0 bridgehead atoms. The summed E-state index contributed by atoms with van der Waals surface area (Å²) in [7, 11) is 1.62. The first kappa shape index (κ1) is 16.2. The molecule has 0 aliphatic carbocycles. The molecule has 5 nitrogen and oxygen atoms in total. The molecule has 1 aliphatic rings. The Morgan fingerprint density at radius 1 is 1.48 bits per heavy atom. The predicted octanol–water partition coefficient (Wildman–Crippen LogP) is 3.87. The van der Waals surface area contributed by atoms with Crippen LogP contribution in [0.25, 0.3) is 0 Å². The number of ether oxygens (including phenoxy) is 1. The number of thiazole rings is 1. The molecule has 23 heavy (non-hydrogen) atoms. The molecule has 3 rings (SSSR count). The van der Waals surface area contributed by atoms with Crippen molar-refractivity contribution in [3.63, 3.8) is 0 Å². The van der Waals surface area contributed by atoms with Crippen molar-refractivity contribution in [1.82, 2.24) is 9.88 Å². The van der Waals surface area contributed by atoms with Crippen LogP contribution in [-0.4, -0.2) is 29.4 Å². The number of aromatic nitrogens is 1. The number of aryl methyl sites for hydroxylation is 2. The number of carbonyl (C=O) groups is 1. The zero-order chi connectivity index (χ0) is 16.4. The van der Waals surface area contributed by atoms with Gasteiger partial charge < -0.3 is 14.1 Å². The van der Waals surface area contributed by atoms with Gasteiger partial charge in [0.2, 0.25) is 0 Å². The number of likely N-dealkylation sites (tertiary alicyclic amines) is 1. The third-order valence-corrected chi connectivity index (χ3v) is 5.24. The number of hydrogen-bond donors (Lipinski definition) is 0. The van der Waals surface area contributed by atoms with Gasteiger partial charge in [0, 0.05) is 24.7 Å². The smallest absolute Gasteiger partial charge is 0.257 e. The molecule has 1 fully saturated rings. The quantitative estimate of drug-likeness (QED) is 0.852. The summed E-state index contributed by atoms with van der Waals surface area (Å²) in [6.45, 7) is 4.97. The van der Waals surface area contributed by atoms with Crippen molar-refractivity contribution in [1.29, 1.82) is 0 Å². The fraction of sp³-hybridized carbons (Fsp3) is 0.529. The molecule has 1 atom stereocenters. The molecule has 1 aliphatic heterocycles. The largest absolute Gasteiger partial charge is 0.463 e. The summed E-state index contributed by atoms with van der Waals surface area (Å²) in [5.74, 6) is 1.37. The monoisotopic (exact) mass is 334 g/mol. The van der Waals surface area contributed by atoms with Crippen LogP contribution in [0.4, 0.5) is 0 Å². The molecule has 0 spiro atoms. The summed E-state index contributed by atoms with van der Waals surface area (Å²) in [6, 6.07) is 1.88. The Labute approximate surface area is 140 Å². The summed E-state index contributed by atoms with van der Waals surface area (Å²) in [6.07, 6.45) is 3.14. The van der Waals surface area contributed by atoms with Crippen LogP contribution in [0.5, 0.6) is 0 Å². The van der Waals surface area contributed by atoms with Gasteiger partial charge in [0.15, 0.2) is 0 Å². The van der Waals surface area contributed by atoms with E-state index in [1.807, 2.05) is 24.1 Å². The highest BCUT2D eigenvalue weighted by Crippen LogP contribution is 2.34. The van der Waals surface area contributed by atoms with Crippen molar-refractivity contribution < 1.29 is 13.9 Å². The lowest BCUT2D eigenvalue weighted by Gasteiger charge is -2.34. The van der Waals surface area contributed by atoms with Gasteiger partial charge in [-0.2, -0.15) is 0 Å². The third-order valence-electron chi connectivity index (χ3n) is 4.17. The first-order chi connectivity index (χ1) is 11.1. The number of carbonyl (C=O) groups excluding carboxylic acids is 1. The normalized spacial score (nSPS) is 18.4. The van der Waals surface area contributed by atoms with Gasteiger partial charge in [0.05, 0.1) is 11.6 Å². The first-order valence-electron chi connectivity index (χ1n) is 7.91. The molecule has 2 aromatic heterocycles. The van der Waals surface area contributed by atoms with Gasteiger partial charge in [-0.1, -0.05) is 0 Å². The van der Waals surface area contributed by atoms with Crippen molar-refractivity contribution >= 4 is 17.2 Å². The highest BCUT2D eigenvalue weighted by Gasteiger charge is 2.32. The van der Waals surface area contributed by atoms with Crippen LogP contribution in [0, 0.1) is 13.8 Å². The van der Waals surface area contributed by atoms with E-state index in [-0.39, 0.29) is 11.9 Å². The fourth-order valence-electron chi connectivity index (χ4n) is 3.08. The maximum atomic E-state index is 13.0. The van der Waals surface area contributed by atoms with Gasteiger partial charge >= 0.3 is 0 Å². The molecule has 6 heteroatoms. The van der Waals surface area contributed by atoms with Crippen LogP contribution in [0.15, 0.2) is 15.9 Å². The second-order valence-electron chi connectivity index (χ2n) is 5.95. The fourth-order valence-corrected chi connectivity index (χ4v) is 4.02. The molecule has 1 amide bonds. The van der Waals surface area contributed by atoms with Crippen LogP contribution >= 0.6 is 11.3 Å². The lowest BCUT2D eigenvalue weighted by Crippen LogP contribution is -2.38. The number of piperidine rings is 1. The van der Waals surface area contributed by atoms with Crippen molar-refractivity contribution in [3.8, 4) is 0 Å². The Bertz CT molecular complexity index is 692. The molecule has 124 valence electrons. The standard InChI is InChI=1S/C17H22N2O3S/c1-11-10-23-16(18-11)15-6-4-5-7-19(15)17(20)14-8-13(9-21-3)22-12(14)2/h8,10,15H,4-7,9H2,1-3H3/t15-/m0/s1. The maximum Gasteiger partial charge on any atom is 0.257 e. The van der Waals surface area contributed by atoms with Crippen LogP contribution in [0.3, 0.4) is 0 Å². The van der Waals surface area contributed by atoms with Gasteiger partial charge in [0.25, 0.3) is 5.91 Å². The number of furan rings is 1. The van der Waals surface area contributed by atoms with Gasteiger partial charge in [-0.15, -0.1) is 11.3 Å². The van der Waals surface area contributed by atoms with Crippen LogP contribution in [0.1, 0.15) is 57.9 Å². The van der Waals surface area contributed by atoms with Gasteiger partial charge in [-0.05, 0) is 39.2 Å². The average Bonchev–Trinajstić information content (AvgIpc) is 3.13. The van der Waals surface area contributed by atoms with E-state index in [1.54, 1.807) is 24.5 Å². The molecule has 3 heterocycles. The number of rotatable bonds is 4. The van der Waals surface area contributed by atoms with Crippen molar-refractivity contribution in [2.45, 2.75) is 45.8 Å². The second kappa shape index (κ2) is 6.84. The Balaban J connectivity index is 1.86. The zero-order valence-electron chi connectivity index (χ0n) is 13.8. The number of hydrogen-bond acceptors (Lipinski definition) is 5. The molecular weight excluding hydrogens is 312 g/mol. The van der Waals surface area contributed by atoms with E-state index in [4.69, 9.17) is 9.15 Å². The van der Waals surface area contributed by atoms with E-state index in [2.05, 4.69) is 4.98 Å². The Morgan fingerprint density at radius 2 is 2.30 bits per heavy atom. The first-order valence-corrected chi connectivity index (χ1v) is 8.79. The number of methoxy groups -OCH3 is 1. The lowest BCUT2D eigenvalue weighted by atomic mass is 10.0. The highest BCUT2D eigenvalue weighted by atomic mass is 32.1. The minimum Gasteiger partial charge on any atom is -0.463 e. The molecule has 2 aromatic rings. The van der Waals surface area contributed by atoms with Crippen LogP contribution < -0.4 is 0 Å². The molecule has 0 radical (unpaired) electrons. The molecule has 0 unspecified atom stereocenters. The lowest BCUT2D eigenvalue weighted by molar-refractivity contribution is 0.0609.